The maximum atomic E-state index is 13.4. The molecule has 1 fully saturated rings. The molecule has 0 spiro atoms. The molecule has 1 unspecified atom stereocenters. The largest absolute Gasteiger partial charge is 0.507 e. The van der Waals surface area contributed by atoms with E-state index >= 15 is 0 Å². The van der Waals surface area contributed by atoms with E-state index in [0.29, 0.717) is 37.6 Å². The van der Waals surface area contributed by atoms with Crippen molar-refractivity contribution in [1.82, 2.24) is 9.80 Å². The Bertz CT molecular complexity index is 1380. The number of benzene rings is 3. The second kappa shape index (κ2) is 14.7. The summed E-state index contributed by atoms with van der Waals surface area (Å²) in [6, 6.07) is 21.8. The van der Waals surface area contributed by atoms with Gasteiger partial charge in [0.05, 0.1) is 18.2 Å². The van der Waals surface area contributed by atoms with Gasteiger partial charge in [-0.15, -0.1) is 0 Å². The molecular formula is C35H42N2O5. The highest BCUT2D eigenvalue weighted by atomic mass is 16.5. The number of aliphatic hydroxyl groups is 1. The molecule has 1 atom stereocenters. The third kappa shape index (κ3) is 7.39. The van der Waals surface area contributed by atoms with Crippen molar-refractivity contribution in [2.75, 3.05) is 32.8 Å². The van der Waals surface area contributed by atoms with E-state index in [1.807, 2.05) is 49.4 Å². The number of ether oxygens (including phenoxy) is 2. The van der Waals surface area contributed by atoms with Gasteiger partial charge in [-0.25, -0.2) is 0 Å². The van der Waals surface area contributed by atoms with E-state index in [0.717, 1.165) is 48.4 Å². The van der Waals surface area contributed by atoms with Crippen LogP contribution in [-0.4, -0.2) is 59.4 Å². The number of carbonyl (C=O) groups is 2. The summed E-state index contributed by atoms with van der Waals surface area (Å²) in [5, 5.41) is 11.5. The molecule has 42 heavy (non-hydrogen) atoms. The van der Waals surface area contributed by atoms with Crippen LogP contribution in [-0.2, 0) is 16.2 Å². The zero-order valence-corrected chi connectivity index (χ0v) is 25.1. The number of hydrogen-bond donors (Lipinski definition) is 1. The van der Waals surface area contributed by atoms with Gasteiger partial charge in [0.2, 0.25) is 0 Å². The predicted molar refractivity (Wildman–Crippen MR) is 166 cm³/mol. The zero-order chi connectivity index (χ0) is 30.1. The lowest BCUT2D eigenvalue weighted by Gasteiger charge is -2.28. The van der Waals surface area contributed by atoms with Gasteiger partial charge in [0.25, 0.3) is 11.7 Å². The lowest BCUT2D eigenvalue weighted by atomic mass is 9.95. The topological polar surface area (TPSA) is 79.3 Å². The summed E-state index contributed by atoms with van der Waals surface area (Å²) in [6.07, 6.45) is 2.00. The fourth-order valence-electron chi connectivity index (χ4n) is 5.16. The Balaban J connectivity index is 1.62. The summed E-state index contributed by atoms with van der Waals surface area (Å²) in [4.78, 5) is 30.5. The number of carbonyl (C=O) groups excluding carboxylic acids is 2. The highest BCUT2D eigenvalue weighted by molar-refractivity contribution is 6.46. The minimum Gasteiger partial charge on any atom is -0.507 e. The average molecular weight is 571 g/mol. The summed E-state index contributed by atoms with van der Waals surface area (Å²) < 4.78 is 11.8. The standard InChI is InChI=1S/C35H42N2O5/c1-5-8-22-41-29-16-12-27(13-17-29)32-31(34(39)35(40)37(32)21-20-36(6-2)7-3)33(38)28-14-18-30(19-15-28)42-24-26-11-9-10-25(4)23-26/h9-19,23,32,38H,5-8,20-22,24H2,1-4H3. The van der Waals surface area contributed by atoms with Crippen molar-refractivity contribution < 1.29 is 24.2 Å². The lowest BCUT2D eigenvalue weighted by Crippen LogP contribution is -2.38. The van der Waals surface area contributed by atoms with Crippen molar-refractivity contribution in [2.45, 2.75) is 53.2 Å². The van der Waals surface area contributed by atoms with Crippen LogP contribution >= 0.6 is 0 Å². The molecule has 0 saturated carbocycles. The Kier molecular flexibility index (Phi) is 10.8. The fraction of sp³-hybridized carbons (Fsp3) is 0.371. The molecule has 1 N–H and O–H groups in total. The van der Waals surface area contributed by atoms with E-state index in [2.05, 4.69) is 31.7 Å². The minimum atomic E-state index is -0.706. The van der Waals surface area contributed by atoms with Crippen LogP contribution in [0.3, 0.4) is 0 Å². The van der Waals surface area contributed by atoms with Crippen molar-refractivity contribution in [2.24, 2.45) is 0 Å². The molecule has 7 nitrogen and oxygen atoms in total. The van der Waals surface area contributed by atoms with E-state index in [4.69, 9.17) is 9.47 Å². The SMILES string of the molecule is CCCCOc1ccc(C2C(=C(O)c3ccc(OCc4cccc(C)c4)cc3)C(=O)C(=O)N2CCN(CC)CC)cc1. The van der Waals surface area contributed by atoms with Crippen LogP contribution in [0.4, 0.5) is 0 Å². The Hall–Kier alpha value is -4.10. The van der Waals surface area contributed by atoms with Gasteiger partial charge in [-0.1, -0.05) is 69.2 Å². The van der Waals surface area contributed by atoms with Crippen LogP contribution in [0.1, 0.15) is 61.9 Å². The Morgan fingerprint density at radius 1 is 0.905 bits per heavy atom. The van der Waals surface area contributed by atoms with Crippen LogP contribution in [0.25, 0.3) is 5.76 Å². The number of rotatable bonds is 14. The fourth-order valence-corrected chi connectivity index (χ4v) is 5.16. The Morgan fingerprint density at radius 3 is 2.21 bits per heavy atom. The quantitative estimate of drug-likeness (QED) is 0.103. The normalized spacial score (nSPS) is 16.3. The monoisotopic (exact) mass is 570 g/mol. The first-order chi connectivity index (χ1) is 20.4. The summed E-state index contributed by atoms with van der Waals surface area (Å²) in [7, 11) is 0. The highest BCUT2D eigenvalue weighted by Gasteiger charge is 2.46. The van der Waals surface area contributed by atoms with Gasteiger partial charge >= 0.3 is 0 Å². The number of amides is 1. The number of likely N-dealkylation sites (tertiary alicyclic amines) is 1. The van der Waals surface area contributed by atoms with Crippen LogP contribution in [0, 0.1) is 6.92 Å². The number of ketones is 1. The van der Waals surface area contributed by atoms with E-state index in [-0.39, 0.29) is 11.3 Å². The number of hydrogen-bond acceptors (Lipinski definition) is 6. The van der Waals surface area contributed by atoms with Crippen molar-refractivity contribution in [3.05, 3.63) is 101 Å². The van der Waals surface area contributed by atoms with Crippen molar-refractivity contribution in [1.29, 1.82) is 0 Å². The first-order valence-corrected chi connectivity index (χ1v) is 14.9. The van der Waals surface area contributed by atoms with E-state index in [1.165, 1.54) is 0 Å². The maximum Gasteiger partial charge on any atom is 0.295 e. The molecule has 3 aromatic carbocycles. The number of aliphatic hydroxyl groups excluding tert-OH is 1. The molecule has 1 aliphatic heterocycles. The first-order valence-electron chi connectivity index (χ1n) is 14.9. The molecule has 1 amide bonds. The predicted octanol–water partition coefficient (Wildman–Crippen LogP) is 6.52. The molecule has 0 aliphatic carbocycles. The van der Waals surface area contributed by atoms with E-state index < -0.39 is 17.7 Å². The van der Waals surface area contributed by atoms with E-state index in [1.54, 1.807) is 29.2 Å². The molecule has 222 valence electrons. The number of Topliss-reactive ketones (excluding diaryl/α,β-unsaturated/α-hetero) is 1. The van der Waals surface area contributed by atoms with Gasteiger partial charge in [0.15, 0.2) is 0 Å². The molecule has 1 heterocycles. The summed E-state index contributed by atoms with van der Waals surface area (Å²) in [5.41, 5.74) is 3.51. The molecule has 1 aliphatic rings. The van der Waals surface area contributed by atoms with Gasteiger partial charge in [0, 0.05) is 18.7 Å². The van der Waals surface area contributed by atoms with Crippen LogP contribution in [0.2, 0.25) is 0 Å². The van der Waals surface area contributed by atoms with Gasteiger partial charge in [0.1, 0.15) is 23.9 Å². The zero-order valence-electron chi connectivity index (χ0n) is 25.1. The molecule has 7 heteroatoms. The Morgan fingerprint density at radius 2 is 1.57 bits per heavy atom. The lowest BCUT2D eigenvalue weighted by molar-refractivity contribution is -0.140. The van der Waals surface area contributed by atoms with Crippen molar-refractivity contribution in [3.63, 3.8) is 0 Å². The van der Waals surface area contributed by atoms with Gasteiger partial charge in [-0.2, -0.15) is 0 Å². The van der Waals surface area contributed by atoms with Gasteiger partial charge in [-0.05, 0) is 74.0 Å². The first kappa shape index (κ1) is 30.8. The second-order valence-electron chi connectivity index (χ2n) is 10.6. The number of nitrogens with zero attached hydrogens (tertiary/aromatic N) is 2. The molecule has 3 aromatic rings. The molecule has 1 saturated heterocycles. The molecule has 0 radical (unpaired) electrons. The van der Waals surface area contributed by atoms with Gasteiger partial charge in [-0.3, -0.25) is 9.59 Å². The molecule has 0 bridgehead atoms. The Labute approximate surface area is 249 Å². The second-order valence-corrected chi connectivity index (χ2v) is 10.6. The third-order valence-electron chi connectivity index (χ3n) is 7.67. The van der Waals surface area contributed by atoms with Gasteiger partial charge < -0.3 is 24.4 Å². The molecule has 0 aromatic heterocycles. The number of aryl methyl sites for hydroxylation is 1. The molecular weight excluding hydrogens is 528 g/mol. The summed E-state index contributed by atoms with van der Waals surface area (Å²) in [5.74, 6) is -0.108. The van der Waals surface area contributed by atoms with Crippen molar-refractivity contribution in [3.8, 4) is 11.5 Å². The van der Waals surface area contributed by atoms with E-state index in [9.17, 15) is 14.7 Å². The number of likely N-dealkylation sites (N-methyl/N-ethyl adjacent to an activating group) is 1. The smallest absolute Gasteiger partial charge is 0.295 e. The minimum absolute atomic E-state index is 0.0904. The highest BCUT2D eigenvalue weighted by Crippen LogP contribution is 2.40. The summed E-state index contributed by atoms with van der Waals surface area (Å²) >= 11 is 0. The summed E-state index contributed by atoms with van der Waals surface area (Å²) in [6.45, 7) is 12.0. The number of unbranched alkanes of at least 4 members (excludes halogenated alkanes) is 1. The maximum absolute atomic E-state index is 13.4. The average Bonchev–Trinajstić information content (AvgIpc) is 3.26. The van der Waals surface area contributed by atoms with Crippen molar-refractivity contribution >= 4 is 17.4 Å². The molecule has 4 rings (SSSR count). The third-order valence-corrected chi connectivity index (χ3v) is 7.67. The van der Waals surface area contributed by atoms with Crippen LogP contribution in [0.15, 0.2) is 78.4 Å². The van der Waals surface area contributed by atoms with Crippen LogP contribution in [0.5, 0.6) is 11.5 Å². The van der Waals surface area contributed by atoms with Crippen LogP contribution < -0.4 is 9.47 Å².